The molecule has 4 atom stereocenters. The third kappa shape index (κ3) is 3.93. The van der Waals surface area contributed by atoms with Crippen LogP contribution in [0.25, 0.3) is 0 Å². The highest BCUT2D eigenvalue weighted by Gasteiger charge is 2.48. The molecule has 5 nitrogen and oxygen atoms in total. The Bertz CT molecular complexity index is 674. The molecule has 0 amide bonds. The van der Waals surface area contributed by atoms with Crippen LogP contribution in [0.1, 0.15) is 74.6 Å². The van der Waals surface area contributed by atoms with E-state index in [1.165, 1.54) is 7.11 Å². The largest absolute Gasteiger partial charge is 0.465 e. The van der Waals surface area contributed by atoms with Gasteiger partial charge in [-0.05, 0) is 38.8 Å². The van der Waals surface area contributed by atoms with Gasteiger partial charge in [-0.3, -0.25) is 0 Å². The minimum Gasteiger partial charge on any atom is -0.465 e. The second-order valence-corrected chi connectivity index (χ2v) is 7.78. The summed E-state index contributed by atoms with van der Waals surface area (Å²) in [5.74, 6) is -0.851. The summed E-state index contributed by atoms with van der Waals surface area (Å²) in [4.78, 5) is 24.8. The molecule has 1 aromatic rings. The molecule has 0 aliphatic carbocycles. The van der Waals surface area contributed by atoms with Crippen LogP contribution in [-0.2, 0) is 9.47 Å². The van der Waals surface area contributed by atoms with Crippen LogP contribution >= 0.6 is 0 Å². The monoisotopic (exact) mass is 361 g/mol. The highest BCUT2D eigenvalue weighted by Crippen LogP contribution is 2.39. The van der Waals surface area contributed by atoms with Crippen molar-refractivity contribution in [2.45, 2.75) is 71.1 Å². The van der Waals surface area contributed by atoms with Crippen LogP contribution in [0.5, 0.6) is 0 Å². The van der Waals surface area contributed by atoms with Crippen molar-refractivity contribution < 1.29 is 19.1 Å². The van der Waals surface area contributed by atoms with Crippen LogP contribution < -0.4 is 5.32 Å². The van der Waals surface area contributed by atoms with Gasteiger partial charge in [0.15, 0.2) is 0 Å². The fourth-order valence-electron chi connectivity index (χ4n) is 3.82. The lowest BCUT2D eigenvalue weighted by molar-refractivity contribution is -0.0486. The van der Waals surface area contributed by atoms with Gasteiger partial charge in [-0.1, -0.05) is 32.9 Å². The van der Waals surface area contributed by atoms with Crippen LogP contribution in [-0.4, -0.2) is 36.2 Å². The third-order valence-electron chi connectivity index (χ3n) is 6.13. The quantitative estimate of drug-likeness (QED) is 0.804. The van der Waals surface area contributed by atoms with E-state index in [2.05, 4.69) is 39.9 Å². The molecule has 1 heterocycles. The average molecular weight is 361 g/mol. The van der Waals surface area contributed by atoms with Crippen molar-refractivity contribution in [3.8, 4) is 0 Å². The molecule has 1 fully saturated rings. The van der Waals surface area contributed by atoms with Crippen LogP contribution in [0, 0.1) is 5.92 Å². The first-order valence-corrected chi connectivity index (χ1v) is 9.37. The second-order valence-electron chi connectivity index (χ2n) is 7.78. The van der Waals surface area contributed by atoms with Crippen molar-refractivity contribution >= 4 is 11.9 Å². The van der Waals surface area contributed by atoms with Gasteiger partial charge in [0.05, 0.1) is 18.2 Å². The Morgan fingerprint density at radius 2 is 1.69 bits per heavy atom. The van der Waals surface area contributed by atoms with E-state index in [1.54, 1.807) is 24.3 Å². The van der Waals surface area contributed by atoms with Crippen molar-refractivity contribution in [2.75, 3.05) is 7.11 Å². The zero-order valence-corrected chi connectivity index (χ0v) is 16.7. The van der Waals surface area contributed by atoms with E-state index in [0.717, 1.165) is 19.3 Å². The number of piperidine rings is 1. The Balaban J connectivity index is 2.29. The smallest absolute Gasteiger partial charge is 0.339 e. The fraction of sp³-hybridized carbons (Fsp3) is 0.619. The predicted molar refractivity (Wildman–Crippen MR) is 101 cm³/mol. The van der Waals surface area contributed by atoms with E-state index in [0.29, 0.717) is 0 Å². The Kier molecular flexibility index (Phi) is 6.12. The topological polar surface area (TPSA) is 64.6 Å². The number of esters is 2. The van der Waals surface area contributed by atoms with Gasteiger partial charge in [0.1, 0.15) is 6.10 Å². The summed E-state index contributed by atoms with van der Waals surface area (Å²) in [7, 11) is 1.30. The van der Waals surface area contributed by atoms with E-state index in [1.807, 2.05) is 0 Å². The first-order chi connectivity index (χ1) is 12.2. The van der Waals surface area contributed by atoms with Gasteiger partial charge in [-0.25, -0.2) is 9.59 Å². The standard InChI is InChI=1S/C21H31NO4/c1-7-20(4)13-17(14(3)21(5,8-2)22-20)26-19(24)16-12-10-9-11-15(16)18(23)25-6/h9-12,14,17,22H,7-8,13H2,1-6H3. The Labute approximate surface area is 156 Å². The van der Waals surface area contributed by atoms with Crippen LogP contribution in [0.4, 0.5) is 0 Å². The number of hydrogen-bond acceptors (Lipinski definition) is 5. The first-order valence-electron chi connectivity index (χ1n) is 9.37. The molecule has 4 unspecified atom stereocenters. The van der Waals surface area contributed by atoms with Gasteiger partial charge in [0.25, 0.3) is 0 Å². The number of carbonyl (C=O) groups excluding carboxylic acids is 2. The molecular weight excluding hydrogens is 330 g/mol. The highest BCUT2D eigenvalue weighted by atomic mass is 16.5. The molecule has 1 aliphatic heterocycles. The van der Waals surface area contributed by atoms with Gasteiger partial charge < -0.3 is 14.8 Å². The molecule has 5 heteroatoms. The number of nitrogens with one attached hydrogen (secondary N) is 1. The van der Waals surface area contributed by atoms with Crippen LogP contribution in [0.3, 0.4) is 0 Å². The van der Waals surface area contributed by atoms with Crippen molar-refractivity contribution in [3.63, 3.8) is 0 Å². The molecule has 0 aromatic heterocycles. The number of benzene rings is 1. The fourth-order valence-corrected chi connectivity index (χ4v) is 3.82. The Morgan fingerprint density at radius 3 is 2.19 bits per heavy atom. The summed E-state index contributed by atoms with van der Waals surface area (Å²) in [6, 6.07) is 6.62. The van der Waals surface area contributed by atoms with Crippen molar-refractivity contribution in [1.82, 2.24) is 5.32 Å². The number of carbonyl (C=O) groups is 2. The first kappa shape index (κ1) is 20.4. The number of rotatable bonds is 5. The summed E-state index contributed by atoms with van der Waals surface area (Å²) < 4.78 is 10.7. The van der Waals surface area contributed by atoms with Gasteiger partial charge in [-0.2, -0.15) is 0 Å². The summed E-state index contributed by atoms with van der Waals surface area (Å²) >= 11 is 0. The molecular formula is C21H31NO4. The maximum atomic E-state index is 12.8. The summed E-state index contributed by atoms with van der Waals surface area (Å²) in [6.07, 6.45) is 2.41. The molecule has 26 heavy (non-hydrogen) atoms. The van der Waals surface area contributed by atoms with Gasteiger partial charge in [-0.15, -0.1) is 0 Å². The summed E-state index contributed by atoms with van der Waals surface area (Å²) in [6.45, 7) is 10.8. The average Bonchev–Trinajstić information content (AvgIpc) is 2.65. The summed E-state index contributed by atoms with van der Waals surface area (Å²) in [5.41, 5.74) is 0.277. The van der Waals surface area contributed by atoms with Crippen molar-refractivity contribution in [2.24, 2.45) is 5.92 Å². The van der Waals surface area contributed by atoms with E-state index in [9.17, 15) is 9.59 Å². The molecule has 2 rings (SSSR count). The van der Waals surface area contributed by atoms with Crippen molar-refractivity contribution in [3.05, 3.63) is 35.4 Å². The van der Waals surface area contributed by atoms with Gasteiger partial charge >= 0.3 is 11.9 Å². The molecule has 0 spiro atoms. The Morgan fingerprint density at radius 1 is 1.12 bits per heavy atom. The van der Waals surface area contributed by atoms with E-state index >= 15 is 0 Å². The minimum atomic E-state index is -0.535. The highest BCUT2D eigenvalue weighted by molar-refractivity contribution is 6.03. The lowest BCUT2D eigenvalue weighted by atomic mass is 9.70. The molecule has 0 radical (unpaired) electrons. The van der Waals surface area contributed by atoms with E-state index in [-0.39, 0.29) is 34.2 Å². The van der Waals surface area contributed by atoms with Gasteiger partial charge in [0.2, 0.25) is 0 Å². The van der Waals surface area contributed by atoms with E-state index in [4.69, 9.17) is 9.47 Å². The SMILES string of the molecule is CCC1(C)CC(OC(=O)c2ccccc2C(=O)OC)C(C)C(C)(CC)N1. The molecule has 0 saturated carbocycles. The maximum absolute atomic E-state index is 12.8. The predicted octanol–water partition coefficient (Wildman–Crippen LogP) is 3.97. The zero-order valence-electron chi connectivity index (χ0n) is 16.7. The molecule has 0 bridgehead atoms. The molecule has 1 saturated heterocycles. The number of ether oxygens (including phenoxy) is 2. The minimum absolute atomic E-state index is 0.0932. The Hall–Kier alpha value is -1.88. The van der Waals surface area contributed by atoms with Crippen LogP contribution in [0.15, 0.2) is 24.3 Å². The second kappa shape index (κ2) is 7.78. The molecule has 1 N–H and O–H groups in total. The normalized spacial score (nSPS) is 31.3. The number of methoxy groups -OCH3 is 1. The molecule has 144 valence electrons. The van der Waals surface area contributed by atoms with Gasteiger partial charge in [0, 0.05) is 23.4 Å². The van der Waals surface area contributed by atoms with Crippen molar-refractivity contribution in [1.29, 1.82) is 0 Å². The van der Waals surface area contributed by atoms with E-state index < -0.39 is 11.9 Å². The van der Waals surface area contributed by atoms with Crippen LogP contribution in [0.2, 0.25) is 0 Å². The zero-order chi connectivity index (χ0) is 19.5. The maximum Gasteiger partial charge on any atom is 0.339 e. The molecule has 1 aliphatic rings. The molecule has 1 aromatic carbocycles. The number of hydrogen-bond donors (Lipinski definition) is 1. The lowest BCUT2D eigenvalue weighted by Gasteiger charge is -2.52. The third-order valence-corrected chi connectivity index (χ3v) is 6.13. The summed E-state index contributed by atoms with van der Waals surface area (Å²) in [5, 5.41) is 3.77. The lowest BCUT2D eigenvalue weighted by Crippen LogP contribution is -2.66.